The van der Waals surface area contributed by atoms with Crippen molar-refractivity contribution in [3.05, 3.63) is 0 Å². The average Bonchev–Trinajstić information content (AvgIpc) is 2.81. The Kier molecular flexibility index (Phi) is 4.52. The molecule has 0 aromatic carbocycles. The topological polar surface area (TPSA) is 99.1 Å². The summed E-state index contributed by atoms with van der Waals surface area (Å²) in [6, 6.07) is -0.849. The number of hydrogen-bond acceptors (Lipinski definition) is 4. The van der Waals surface area contributed by atoms with Crippen molar-refractivity contribution in [3.63, 3.8) is 0 Å². The fourth-order valence-corrected chi connectivity index (χ4v) is 1.65. The predicted molar refractivity (Wildman–Crippen MR) is 50.0 cm³/mol. The van der Waals surface area contributed by atoms with Gasteiger partial charge in [-0.25, -0.2) is 14.0 Å². The van der Waals surface area contributed by atoms with Crippen LogP contribution in [0, 0.1) is 0 Å². The molecule has 0 aliphatic carbocycles. The SMILES string of the molecule is O=C(O)C(F)(F)F.O=C(O)N1OCC2NCC(F)C21. The second-order valence-corrected chi connectivity index (χ2v) is 3.73. The molecule has 0 bridgehead atoms. The van der Waals surface area contributed by atoms with Crippen LogP contribution in [-0.4, -0.2) is 64.9 Å². The second kappa shape index (κ2) is 5.57. The number of hydrogen-bond donors (Lipinski definition) is 3. The van der Waals surface area contributed by atoms with Gasteiger partial charge in [-0.3, -0.25) is 4.84 Å². The molecule has 2 aliphatic rings. The highest BCUT2D eigenvalue weighted by molar-refractivity contribution is 5.73. The van der Waals surface area contributed by atoms with E-state index in [2.05, 4.69) is 5.32 Å². The molecule has 3 unspecified atom stereocenters. The van der Waals surface area contributed by atoms with Crippen LogP contribution in [0.3, 0.4) is 0 Å². The fourth-order valence-electron chi connectivity index (χ4n) is 1.65. The fraction of sp³-hybridized carbons (Fsp3) is 0.750. The van der Waals surface area contributed by atoms with Gasteiger partial charge in [0.2, 0.25) is 0 Å². The number of carbonyl (C=O) groups is 2. The minimum Gasteiger partial charge on any atom is -0.475 e. The van der Waals surface area contributed by atoms with Crippen molar-refractivity contribution >= 4 is 12.1 Å². The molecule has 1 amide bonds. The van der Waals surface area contributed by atoms with Crippen LogP contribution in [0.25, 0.3) is 0 Å². The summed E-state index contributed by atoms with van der Waals surface area (Å²) in [6.07, 6.45) is -7.47. The summed E-state index contributed by atoms with van der Waals surface area (Å²) in [5.41, 5.74) is 0. The Hall–Kier alpha value is -1.62. The Labute approximate surface area is 103 Å². The van der Waals surface area contributed by atoms with Crippen molar-refractivity contribution in [2.24, 2.45) is 0 Å². The number of nitrogens with one attached hydrogen (secondary N) is 1. The quantitative estimate of drug-likeness (QED) is 0.552. The summed E-state index contributed by atoms with van der Waals surface area (Å²) in [6.45, 7) is 0.444. The number of hydroxylamine groups is 2. The maximum Gasteiger partial charge on any atom is 0.490 e. The summed E-state index contributed by atoms with van der Waals surface area (Å²) in [5.74, 6) is -2.76. The van der Waals surface area contributed by atoms with E-state index in [1.165, 1.54) is 0 Å². The number of nitrogens with zero attached hydrogens (tertiary/aromatic N) is 1. The largest absolute Gasteiger partial charge is 0.490 e. The molecule has 0 saturated carbocycles. The van der Waals surface area contributed by atoms with Gasteiger partial charge in [0.25, 0.3) is 0 Å². The third kappa shape index (κ3) is 3.67. The first kappa shape index (κ1) is 15.4. The lowest BCUT2D eigenvalue weighted by Crippen LogP contribution is -2.41. The molecule has 2 saturated heterocycles. The van der Waals surface area contributed by atoms with Gasteiger partial charge in [-0.05, 0) is 0 Å². The van der Waals surface area contributed by atoms with Crippen molar-refractivity contribution in [2.45, 2.75) is 24.4 Å². The Morgan fingerprint density at radius 2 is 1.84 bits per heavy atom. The molecule has 0 radical (unpaired) electrons. The van der Waals surface area contributed by atoms with Gasteiger partial charge in [0.05, 0.1) is 12.6 Å². The first-order valence-electron chi connectivity index (χ1n) is 4.97. The van der Waals surface area contributed by atoms with Crippen molar-refractivity contribution < 1.29 is 42.2 Å². The zero-order valence-corrected chi connectivity index (χ0v) is 9.22. The van der Waals surface area contributed by atoms with E-state index in [1.807, 2.05) is 0 Å². The number of carboxylic acid groups (broad SMARTS) is 2. The Bertz CT molecular complexity index is 364. The standard InChI is InChI=1S/C6H9FN2O3.C2HF3O2/c7-3-1-8-4-2-12-9(5(3)4)6(10)11;3-2(4,5)1(6)7/h3-5,8H,1-2H2,(H,10,11);(H,6,7). The normalized spacial score (nSPS) is 29.5. The lowest BCUT2D eigenvalue weighted by Gasteiger charge is -2.18. The highest BCUT2D eigenvalue weighted by Crippen LogP contribution is 2.24. The molecule has 19 heavy (non-hydrogen) atoms. The van der Waals surface area contributed by atoms with Gasteiger partial charge in [0.1, 0.15) is 12.2 Å². The van der Waals surface area contributed by atoms with Crippen LogP contribution < -0.4 is 5.32 Å². The minimum atomic E-state index is -5.08. The summed E-state index contributed by atoms with van der Waals surface area (Å²) >= 11 is 0. The number of fused-ring (bicyclic) bond motifs is 1. The Balaban J connectivity index is 0.000000224. The summed E-state index contributed by atoms with van der Waals surface area (Å²) in [7, 11) is 0. The first-order valence-corrected chi connectivity index (χ1v) is 4.97. The zero-order valence-electron chi connectivity index (χ0n) is 9.22. The van der Waals surface area contributed by atoms with E-state index < -0.39 is 30.5 Å². The van der Waals surface area contributed by atoms with Crippen LogP contribution in [0.4, 0.5) is 22.4 Å². The molecule has 7 nitrogen and oxygen atoms in total. The van der Waals surface area contributed by atoms with E-state index >= 15 is 0 Å². The molecule has 3 N–H and O–H groups in total. The molecule has 110 valence electrons. The van der Waals surface area contributed by atoms with E-state index in [0.717, 1.165) is 0 Å². The van der Waals surface area contributed by atoms with Crippen LogP contribution in [0.15, 0.2) is 0 Å². The number of alkyl halides is 4. The third-order valence-electron chi connectivity index (χ3n) is 2.45. The summed E-state index contributed by atoms with van der Waals surface area (Å²) in [5, 5.41) is 19.3. The minimum absolute atomic E-state index is 0.184. The van der Waals surface area contributed by atoms with E-state index in [-0.39, 0.29) is 19.2 Å². The highest BCUT2D eigenvalue weighted by Gasteiger charge is 2.48. The number of amides is 1. The van der Waals surface area contributed by atoms with Crippen LogP contribution in [-0.2, 0) is 9.63 Å². The smallest absolute Gasteiger partial charge is 0.475 e. The van der Waals surface area contributed by atoms with E-state index in [9.17, 15) is 22.4 Å². The van der Waals surface area contributed by atoms with Gasteiger partial charge in [-0.2, -0.15) is 18.2 Å². The van der Waals surface area contributed by atoms with Crippen LogP contribution in [0.1, 0.15) is 0 Å². The summed E-state index contributed by atoms with van der Waals surface area (Å²) in [4.78, 5) is 24.2. The van der Waals surface area contributed by atoms with Gasteiger partial charge in [0.15, 0.2) is 0 Å². The molecule has 2 fully saturated rings. The van der Waals surface area contributed by atoms with Crippen LogP contribution in [0.5, 0.6) is 0 Å². The van der Waals surface area contributed by atoms with Crippen molar-refractivity contribution in [1.29, 1.82) is 0 Å². The van der Waals surface area contributed by atoms with Crippen molar-refractivity contribution in [2.75, 3.05) is 13.2 Å². The van der Waals surface area contributed by atoms with Gasteiger partial charge in [0, 0.05) is 6.54 Å². The predicted octanol–water partition coefficient (Wildman–Crippen LogP) is 0.223. The molecule has 0 aromatic rings. The Morgan fingerprint density at radius 3 is 2.26 bits per heavy atom. The molecule has 2 aliphatic heterocycles. The van der Waals surface area contributed by atoms with Crippen LogP contribution >= 0.6 is 0 Å². The summed E-state index contributed by atoms with van der Waals surface area (Å²) < 4.78 is 44.8. The first-order chi connectivity index (χ1) is 8.64. The number of halogens is 4. The molecule has 2 heterocycles. The number of rotatable bonds is 0. The van der Waals surface area contributed by atoms with E-state index in [1.54, 1.807) is 0 Å². The molecule has 0 spiro atoms. The maximum absolute atomic E-state index is 13.0. The van der Waals surface area contributed by atoms with Gasteiger partial charge < -0.3 is 15.5 Å². The van der Waals surface area contributed by atoms with Gasteiger partial charge in [-0.15, -0.1) is 0 Å². The van der Waals surface area contributed by atoms with Gasteiger partial charge in [-0.1, -0.05) is 0 Å². The molecule has 11 heteroatoms. The monoisotopic (exact) mass is 290 g/mol. The Morgan fingerprint density at radius 1 is 1.32 bits per heavy atom. The zero-order chi connectivity index (χ0) is 14.8. The molecular formula is C8H10F4N2O5. The molecule has 2 rings (SSSR count). The average molecular weight is 290 g/mol. The second-order valence-electron chi connectivity index (χ2n) is 3.73. The lowest BCUT2D eigenvalue weighted by atomic mass is 10.1. The highest BCUT2D eigenvalue weighted by atomic mass is 19.4. The van der Waals surface area contributed by atoms with Gasteiger partial charge >= 0.3 is 18.2 Å². The van der Waals surface area contributed by atoms with Crippen molar-refractivity contribution in [3.8, 4) is 0 Å². The molecule has 0 aromatic heterocycles. The molecular weight excluding hydrogens is 280 g/mol. The van der Waals surface area contributed by atoms with E-state index in [4.69, 9.17) is 19.8 Å². The number of carboxylic acids is 1. The molecule has 3 atom stereocenters. The van der Waals surface area contributed by atoms with Crippen molar-refractivity contribution in [1.82, 2.24) is 10.4 Å². The van der Waals surface area contributed by atoms with E-state index in [0.29, 0.717) is 5.06 Å². The maximum atomic E-state index is 13.0. The third-order valence-corrected chi connectivity index (χ3v) is 2.45. The lowest BCUT2D eigenvalue weighted by molar-refractivity contribution is -0.192. The number of aliphatic carboxylic acids is 1. The van der Waals surface area contributed by atoms with Crippen LogP contribution in [0.2, 0.25) is 0 Å².